The maximum Gasteiger partial charge on any atom is 0.217 e. The van der Waals surface area contributed by atoms with Crippen LogP contribution in [0.4, 0.5) is 0 Å². The Morgan fingerprint density at radius 2 is 1.84 bits per heavy atom. The van der Waals surface area contributed by atoms with Crippen LogP contribution in [0.3, 0.4) is 0 Å². The molecule has 3 aromatic rings. The Labute approximate surface area is 209 Å². The Hall–Kier alpha value is -2.01. The van der Waals surface area contributed by atoms with Gasteiger partial charge in [-0.1, -0.05) is 41.5 Å². The number of hydrogen-bond acceptors (Lipinski definition) is 5. The molecule has 0 aliphatic heterocycles. The molecule has 0 unspecified atom stereocenters. The Morgan fingerprint density at radius 1 is 1.16 bits per heavy atom. The summed E-state index contributed by atoms with van der Waals surface area (Å²) < 4.78 is 6.76. The molecule has 4 nitrogen and oxygen atoms in total. The van der Waals surface area contributed by atoms with E-state index in [4.69, 9.17) is 4.74 Å². The Bertz CT molecular complexity index is 1030. The number of aromatic nitrogens is 1. The van der Waals surface area contributed by atoms with Gasteiger partial charge in [-0.25, -0.2) is 4.98 Å². The average molecular weight is 631 g/mol. The quantitative estimate of drug-likeness (QED) is 0.165. The number of hydrogen-bond donors (Lipinski definition) is 1. The monoisotopic (exact) mass is 631 g/mol. The third-order valence-corrected chi connectivity index (χ3v) is 6.47. The summed E-state index contributed by atoms with van der Waals surface area (Å²) in [4.78, 5) is 16.1. The molecule has 0 saturated carbocycles. The molecule has 2 aromatic heterocycles. The van der Waals surface area contributed by atoms with E-state index in [2.05, 4.69) is 17.1 Å². The van der Waals surface area contributed by atoms with Crippen LogP contribution in [0, 0.1) is 16.9 Å². The number of aliphatic hydroxyl groups excluding tert-OH is 1. The number of aliphatic hydroxyl groups is 1. The number of thiophene rings is 1. The van der Waals surface area contributed by atoms with Gasteiger partial charge in [0.05, 0.1) is 4.70 Å². The van der Waals surface area contributed by atoms with Crippen LogP contribution in [-0.4, -0.2) is 15.9 Å². The van der Waals surface area contributed by atoms with E-state index in [0.29, 0.717) is 11.6 Å². The molecule has 0 bridgehead atoms. The molecule has 0 saturated heterocycles. The molecule has 1 aromatic carbocycles. The van der Waals surface area contributed by atoms with Crippen LogP contribution in [-0.2, 0) is 24.9 Å². The van der Waals surface area contributed by atoms with Crippen LogP contribution in [0.2, 0.25) is 0 Å². The summed E-state index contributed by atoms with van der Waals surface area (Å²) in [6.45, 7) is 11.7. The van der Waals surface area contributed by atoms with Gasteiger partial charge in [0.1, 0.15) is 5.76 Å². The zero-order valence-electron chi connectivity index (χ0n) is 19.6. The van der Waals surface area contributed by atoms with Gasteiger partial charge >= 0.3 is 0 Å². The number of ether oxygens (including phenoxy) is 1. The van der Waals surface area contributed by atoms with Crippen molar-refractivity contribution >= 4 is 27.2 Å². The summed E-state index contributed by atoms with van der Waals surface area (Å²) in [5.41, 5.74) is -0.683. The minimum absolute atomic E-state index is 0. The fraction of sp³-hybridized carbons (Fsp3) is 0.385. The number of fused-ring (bicyclic) bond motifs is 1. The molecule has 0 aliphatic rings. The van der Waals surface area contributed by atoms with Crippen molar-refractivity contribution in [2.24, 2.45) is 10.8 Å². The van der Waals surface area contributed by atoms with Crippen LogP contribution >= 0.6 is 11.3 Å². The van der Waals surface area contributed by atoms with Gasteiger partial charge in [-0.2, -0.15) is 18.2 Å². The molecule has 2 heterocycles. The SMILES string of the molecule is CCC(C)(C)C(=O)/C=C(\O)C(C)(C)CC.[Ir].[c-]1ccccc1Oc1cc2ccsc2cn1. The first-order valence-corrected chi connectivity index (χ1v) is 11.4. The van der Waals surface area contributed by atoms with Crippen molar-refractivity contribution in [3.63, 3.8) is 0 Å². The predicted molar refractivity (Wildman–Crippen MR) is 129 cm³/mol. The van der Waals surface area contributed by atoms with E-state index in [1.807, 2.05) is 83.5 Å². The van der Waals surface area contributed by atoms with E-state index >= 15 is 0 Å². The number of para-hydroxylation sites is 1. The van der Waals surface area contributed by atoms with Crippen molar-refractivity contribution in [1.29, 1.82) is 0 Å². The third kappa shape index (κ3) is 7.84. The fourth-order valence-corrected chi connectivity index (χ4v) is 3.06. The van der Waals surface area contributed by atoms with Crippen molar-refractivity contribution in [2.45, 2.75) is 54.4 Å². The number of carbonyl (C=O) groups is 1. The van der Waals surface area contributed by atoms with Crippen LogP contribution in [0.15, 0.2) is 59.8 Å². The molecule has 0 fully saturated rings. The van der Waals surface area contributed by atoms with Gasteiger partial charge in [0.2, 0.25) is 5.88 Å². The minimum Gasteiger partial charge on any atom is -0.512 e. The number of nitrogens with zero attached hydrogens (tertiary/aromatic N) is 1. The molecule has 0 atom stereocenters. The molecule has 3 rings (SSSR count). The Morgan fingerprint density at radius 3 is 2.44 bits per heavy atom. The molecule has 0 amide bonds. The molecule has 175 valence electrons. The zero-order chi connectivity index (χ0) is 23.1. The van der Waals surface area contributed by atoms with Crippen molar-refractivity contribution in [3.8, 4) is 11.6 Å². The van der Waals surface area contributed by atoms with E-state index in [1.165, 1.54) is 10.8 Å². The second-order valence-electron chi connectivity index (χ2n) is 8.68. The fourth-order valence-electron chi connectivity index (χ4n) is 2.33. The topological polar surface area (TPSA) is 59.4 Å². The summed E-state index contributed by atoms with van der Waals surface area (Å²) in [5, 5.41) is 13.1. The summed E-state index contributed by atoms with van der Waals surface area (Å²) >= 11 is 1.68. The van der Waals surface area contributed by atoms with Crippen molar-refractivity contribution in [2.75, 3.05) is 0 Å². The third-order valence-electron chi connectivity index (χ3n) is 5.61. The van der Waals surface area contributed by atoms with Gasteiger partial charge in [-0.05, 0) is 29.7 Å². The van der Waals surface area contributed by atoms with Gasteiger partial charge in [0.15, 0.2) is 5.78 Å². The van der Waals surface area contributed by atoms with Crippen molar-refractivity contribution < 1.29 is 34.7 Å². The van der Waals surface area contributed by atoms with E-state index < -0.39 is 0 Å². The summed E-state index contributed by atoms with van der Waals surface area (Å²) in [6.07, 6.45) is 4.82. The molecular formula is C26H32IrNO3S-. The Kier molecular flexibility index (Phi) is 10.8. The van der Waals surface area contributed by atoms with Crippen LogP contribution in [0.5, 0.6) is 11.6 Å². The molecule has 0 aliphatic carbocycles. The molecule has 0 spiro atoms. The van der Waals surface area contributed by atoms with E-state index in [1.54, 1.807) is 11.3 Å². The zero-order valence-corrected chi connectivity index (χ0v) is 22.8. The predicted octanol–water partition coefficient (Wildman–Crippen LogP) is 7.76. The second kappa shape index (κ2) is 12.3. The van der Waals surface area contributed by atoms with Crippen LogP contribution in [0.25, 0.3) is 10.1 Å². The summed E-state index contributed by atoms with van der Waals surface area (Å²) in [5.74, 6) is 1.48. The maximum atomic E-state index is 11.8. The van der Waals surface area contributed by atoms with Crippen LogP contribution in [0.1, 0.15) is 54.4 Å². The van der Waals surface area contributed by atoms with Gasteiger partial charge < -0.3 is 9.84 Å². The van der Waals surface area contributed by atoms with Gasteiger partial charge in [0.25, 0.3) is 0 Å². The smallest absolute Gasteiger partial charge is 0.217 e. The molecule has 6 heteroatoms. The van der Waals surface area contributed by atoms with Crippen LogP contribution < -0.4 is 4.74 Å². The average Bonchev–Trinajstić information content (AvgIpc) is 3.22. The van der Waals surface area contributed by atoms with Crippen molar-refractivity contribution in [3.05, 3.63) is 65.9 Å². The number of carbonyl (C=O) groups excluding carboxylic acids is 1. The standard InChI is InChI=1S/C13H8NOS.C13H24O2.Ir/c1-2-4-11(5-3-1)15-13-8-10-6-7-16-12(10)9-14-13;1-7-12(3,4)10(14)9-11(15)13(5,6)8-2;/h1-4,6-9H;9,14H,7-8H2,1-6H3;/q-1;;/b;10-9-;. The molecular weight excluding hydrogens is 599 g/mol. The first kappa shape index (κ1) is 28.0. The first-order valence-electron chi connectivity index (χ1n) is 10.5. The molecule has 1 radical (unpaired) electrons. The number of ketones is 1. The summed E-state index contributed by atoms with van der Waals surface area (Å²) in [7, 11) is 0. The van der Waals surface area contributed by atoms with Crippen molar-refractivity contribution in [1.82, 2.24) is 4.98 Å². The number of rotatable bonds is 7. The van der Waals surface area contributed by atoms with E-state index in [9.17, 15) is 9.90 Å². The summed E-state index contributed by atoms with van der Waals surface area (Å²) in [6, 6.07) is 14.5. The maximum absolute atomic E-state index is 11.8. The number of allylic oxidation sites excluding steroid dienone is 2. The largest absolute Gasteiger partial charge is 0.512 e. The van der Waals surface area contributed by atoms with Gasteiger partial charge in [-0.15, -0.1) is 23.5 Å². The number of pyridine rings is 1. The van der Waals surface area contributed by atoms with Gasteiger partial charge in [0, 0.05) is 55.0 Å². The van der Waals surface area contributed by atoms with E-state index in [0.717, 1.165) is 18.2 Å². The first-order chi connectivity index (χ1) is 14.6. The van der Waals surface area contributed by atoms with E-state index in [-0.39, 0.29) is 42.5 Å². The Balaban J connectivity index is 0.000000312. The van der Waals surface area contributed by atoms with Gasteiger partial charge in [-0.3, -0.25) is 4.79 Å². The number of benzene rings is 1. The molecule has 1 N–H and O–H groups in total. The normalized spacial score (nSPS) is 11.9. The second-order valence-corrected chi connectivity index (χ2v) is 9.63. The minimum atomic E-state index is -0.377. The molecule has 32 heavy (non-hydrogen) atoms.